The summed E-state index contributed by atoms with van der Waals surface area (Å²) in [6.45, 7) is 6.20. The van der Waals surface area contributed by atoms with E-state index in [1.807, 2.05) is 20.8 Å². The molecule has 0 fully saturated rings. The van der Waals surface area contributed by atoms with Gasteiger partial charge in [-0.2, -0.15) is 0 Å². The van der Waals surface area contributed by atoms with Gasteiger partial charge in [0.2, 0.25) is 5.91 Å². The van der Waals surface area contributed by atoms with E-state index in [2.05, 4.69) is 15.3 Å². The predicted octanol–water partition coefficient (Wildman–Crippen LogP) is 0.841. The Morgan fingerprint density at radius 1 is 1.60 bits per heavy atom. The molecular weight excluding hydrogens is 194 g/mol. The number of aromatic nitrogens is 2. The maximum Gasteiger partial charge on any atom is 0.246 e. The van der Waals surface area contributed by atoms with Gasteiger partial charge in [-0.05, 0) is 20.8 Å². The number of nitrogens with one attached hydrogen (secondary N) is 2. The predicted molar refractivity (Wildman–Crippen MR) is 56.1 cm³/mol. The second-order valence-corrected chi connectivity index (χ2v) is 4.21. The molecule has 1 heterocycles. The third-order valence-corrected chi connectivity index (χ3v) is 1.64. The molecule has 1 aromatic heterocycles. The first kappa shape index (κ1) is 11.7. The first-order valence-electron chi connectivity index (χ1n) is 4.86. The summed E-state index contributed by atoms with van der Waals surface area (Å²) < 4.78 is 5.32. The van der Waals surface area contributed by atoms with Crippen molar-refractivity contribution in [3.63, 3.8) is 0 Å². The van der Waals surface area contributed by atoms with Crippen LogP contribution in [0.3, 0.4) is 0 Å². The number of rotatable bonds is 4. The Morgan fingerprint density at radius 3 is 2.87 bits per heavy atom. The Labute approximate surface area is 89.2 Å². The van der Waals surface area contributed by atoms with Gasteiger partial charge in [0, 0.05) is 12.4 Å². The molecule has 0 aromatic carbocycles. The van der Waals surface area contributed by atoms with E-state index >= 15 is 0 Å². The fourth-order valence-electron chi connectivity index (χ4n) is 0.910. The highest BCUT2D eigenvalue weighted by Gasteiger charge is 2.12. The minimum atomic E-state index is -0.290. The summed E-state index contributed by atoms with van der Waals surface area (Å²) in [5, 5.41) is 2.70. The van der Waals surface area contributed by atoms with Crippen LogP contribution in [0.25, 0.3) is 0 Å². The van der Waals surface area contributed by atoms with Gasteiger partial charge in [0.15, 0.2) is 0 Å². The molecular formula is C10H17N3O2. The molecule has 0 aliphatic heterocycles. The summed E-state index contributed by atoms with van der Waals surface area (Å²) in [4.78, 5) is 18.2. The lowest BCUT2D eigenvalue weighted by Gasteiger charge is -2.18. The molecule has 1 amide bonds. The van der Waals surface area contributed by atoms with Crippen molar-refractivity contribution in [3.8, 4) is 0 Å². The van der Waals surface area contributed by atoms with Crippen LogP contribution in [0.5, 0.6) is 0 Å². The Morgan fingerprint density at radius 2 is 2.33 bits per heavy atom. The zero-order valence-electron chi connectivity index (χ0n) is 9.33. The molecule has 0 spiro atoms. The molecule has 2 N–H and O–H groups in total. The van der Waals surface area contributed by atoms with Crippen LogP contribution in [0.4, 0.5) is 0 Å². The minimum Gasteiger partial charge on any atom is -0.366 e. The van der Waals surface area contributed by atoms with Crippen LogP contribution < -0.4 is 5.32 Å². The van der Waals surface area contributed by atoms with Gasteiger partial charge in [-0.15, -0.1) is 0 Å². The zero-order chi connectivity index (χ0) is 11.3. The Hall–Kier alpha value is -1.36. The fraction of sp³-hybridized carbons (Fsp3) is 0.600. The van der Waals surface area contributed by atoms with E-state index in [1.165, 1.54) is 0 Å². The maximum absolute atomic E-state index is 11.3. The molecule has 0 saturated heterocycles. The normalized spacial score (nSPS) is 11.4. The average Bonchev–Trinajstić information content (AvgIpc) is 2.62. The van der Waals surface area contributed by atoms with Gasteiger partial charge in [-0.1, -0.05) is 0 Å². The molecule has 1 rings (SSSR count). The molecule has 84 valence electrons. The first-order chi connectivity index (χ1) is 6.97. The van der Waals surface area contributed by atoms with Crippen molar-refractivity contribution in [1.82, 2.24) is 15.3 Å². The summed E-state index contributed by atoms with van der Waals surface area (Å²) >= 11 is 0. The van der Waals surface area contributed by atoms with Crippen LogP contribution in [0, 0.1) is 0 Å². The molecule has 0 atom stereocenters. The molecule has 1 aromatic rings. The molecule has 5 heteroatoms. The van der Waals surface area contributed by atoms with E-state index in [0.717, 1.165) is 5.82 Å². The first-order valence-corrected chi connectivity index (χ1v) is 4.86. The summed E-state index contributed by atoms with van der Waals surface area (Å²) in [5.41, 5.74) is -0.290. The number of aromatic amines is 1. The largest absolute Gasteiger partial charge is 0.366 e. The number of hydrogen-bond acceptors (Lipinski definition) is 3. The van der Waals surface area contributed by atoms with Crippen molar-refractivity contribution in [1.29, 1.82) is 0 Å². The van der Waals surface area contributed by atoms with Gasteiger partial charge >= 0.3 is 0 Å². The van der Waals surface area contributed by atoms with E-state index in [4.69, 9.17) is 4.74 Å². The molecule has 0 aliphatic carbocycles. The summed E-state index contributed by atoms with van der Waals surface area (Å²) in [5.74, 6) is 0.598. The Bertz CT molecular complexity index is 301. The number of hydrogen-bond donors (Lipinski definition) is 2. The number of H-pyrrole nitrogens is 1. The van der Waals surface area contributed by atoms with Crippen molar-refractivity contribution in [3.05, 3.63) is 18.2 Å². The minimum absolute atomic E-state index is 0.0736. The average molecular weight is 211 g/mol. The van der Waals surface area contributed by atoms with Gasteiger partial charge < -0.3 is 15.0 Å². The van der Waals surface area contributed by atoms with Gasteiger partial charge in [-0.3, -0.25) is 4.79 Å². The number of amides is 1. The molecule has 0 radical (unpaired) electrons. The lowest BCUT2D eigenvalue weighted by molar-refractivity contribution is -0.130. The van der Waals surface area contributed by atoms with Gasteiger partial charge in [0.1, 0.15) is 12.4 Å². The van der Waals surface area contributed by atoms with Crippen LogP contribution in [0.1, 0.15) is 26.6 Å². The molecule has 5 nitrogen and oxygen atoms in total. The summed E-state index contributed by atoms with van der Waals surface area (Å²) in [6.07, 6.45) is 3.36. The second kappa shape index (κ2) is 4.93. The molecule has 0 saturated carbocycles. The third-order valence-electron chi connectivity index (χ3n) is 1.64. The Balaban J connectivity index is 2.20. The lowest BCUT2D eigenvalue weighted by atomic mass is 10.2. The quantitative estimate of drug-likeness (QED) is 0.775. The van der Waals surface area contributed by atoms with E-state index < -0.39 is 0 Å². The highest BCUT2D eigenvalue weighted by Crippen LogP contribution is 2.05. The number of ether oxygens (including phenoxy) is 1. The topological polar surface area (TPSA) is 67.0 Å². The zero-order valence-corrected chi connectivity index (χ0v) is 9.33. The van der Waals surface area contributed by atoms with Crippen molar-refractivity contribution in [2.45, 2.75) is 32.9 Å². The van der Waals surface area contributed by atoms with E-state index in [0.29, 0.717) is 6.54 Å². The van der Waals surface area contributed by atoms with Gasteiger partial charge in [0.05, 0.1) is 12.1 Å². The lowest BCUT2D eigenvalue weighted by Crippen LogP contribution is -2.31. The maximum atomic E-state index is 11.3. The van der Waals surface area contributed by atoms with Crippen molar-refractivity contribution >= 4 is 5.91 Å². The SMILES string of the molecule is CC(C)(C)OCC(=O)NCc1ncc[nH]1. The second-order valence-electron chi connectivity index (χ2n) is 4.21. The fourth-order valence-corrected chi connectivity index (χ4v) is 0.910. The summed E-state index contributed by atoms with van der Waals surface area (Å²) in [7, 11) is 0. The highest BCUT2D eigenvalue weighted by atomic mass is 16.5. The number of nitrogens with zero attached hydrogens (tertiary/aromatic N) is 1. The van der Waals surface area contributed by atoms with E-state index in [1.54, 1.807) is 12.4 Å². The molecule has 0 bridgehead atoms. The summed E-state index contributed by atoms with van der Waals surface area (Å²) in [6, 6.07) is 0. The van der Waals surface area contributed by atoms with Crippen LogP contribution in [-0.2, 0) is 16.1 Å². The highest BCUT2D eigenvalue weighted by molar-refractivity contribution is 5.77. The van der Waals surface area contributed by atoms with Gasteiger partial charge in [-0.25, -0.2) is 4.98 Å². The standard InChI is InChI=1S/C10H17N3O2/c1-10(2,3)15-7-9(14)13-6-8-11-4-5-12-8/h4-5H,6-7H2,1-3H3,(H,11,12)(H,13,14). The number of imidazole rings is 1. The monoisotopic (exact) mass is 211 g/mol. The van der Waals surface area contributed by atoms with Crippen molar-refractivity contribution in [2.24, 2.45) is 0 Å². The number of carbonyl (C=O) groups excluding carboxylic acids is 1. The van der Waals surface area contributed by atoms with Gasteiger partial charge in [0.25, 0.3) is 0 Å². The van der Waals surface area contributed by atoms with Crippen molar-refractivity contribution in [2.75, 3.05) is 6.61 Å². The third kappa shape index (κ3) is 5.17. The number of carbonyl (C=O) groups is 1. The molecule has 15 heavy (non-hydrogen) atoms. The van der Waals surface area contributed by atoms with Crippen molar-refractivity contribution < 1.29 is 9.53 Å². The van der Waals surface area contributed by atoms with Crippen LogP contribution in [0.2, 0.25) is 0 Å². The van der Waals surface area contributed by atoms with E-state index in [-0.39, 0.29) is 18.1 Å². The molecule has 0 unspecified atom stereocenters. The van der Waals surface area contributed by atoms with Crippen LogP contribution in [-0.4, -0.2) is 28.1 Å². The van der Waals surface area contributed by atoms with Crippen LogP contribution in [0.15, 0.2) is 12.4 Å². The smallest absolute Gasteiger partial charge is 0.246 e. The van der Waals surface area contributed by atoms with Crippen LogP contribution >= 0.6 is 0 Å². The molecule has 0 aliphatic rings. The Kier molecular flexibility index (Phi) is 3.85. The van der Waals surface area contributed by atoms with E-state index in [9.17, 15) is 4.79 Å².